The van der Waals surface area contributed by atoms with Gasteiger partial charge in [-0.05, 0) is 85.4 Å². The summed E-state index contributed by atoms with van der Waals surface area (Å²) in [7, 11) is -2.58. The molecular formula is C44H52F17NO7Si. The van der Waals surface area contributed by atoms with E-state index >= 15 is 8.78 Å². The molecule has 1 N–H and O–H groups in total. The summed E-state index contributed by atoms with van der Waals surface area (Å²) in [6.07, 6.45) is -9.31. The van der Waals surface area contributed by atoms with Crippen LogP contribution in [0.25, 0.3) is 0 Å². The van der Waals surface area contributed by atoms with Crippen molar-refractivity contribution in [3.63, 3.8) is 0 Å². The molecule has 398 valence electrons. The molecule has 1 amide bonds. The first-order valence-electron chi connectivity index (χ1n) is 21.0. The third-order valence-electron chi connectivity index (χ3n) is 11.3. The lowest BCUT2D eigenvalue weighted by Gasteiger charge is -2.44. The lowest BCUT2D eigenvalue weighted by Crippen LogP contribution is -2.74. The van der Waals surface area contributed by atoms with E-state index in [4.69, 9.17) is 23.4 Å². The Kier molecular flexibility index (Phi) is 20.0. The summed E-state index contributed by atoms with van der Waals surface area (Å²) in [6.45, 7) is 11.2. The van der Waals surface area contributed by atoms with Crippen LogP contribution in [0.1, 0.15) is 73.5 Å². The molecule has 0 spiro atoms. The van der Waals surface area contributed by atoms with Crippen LogP contribution < -0.4 is 14.8 Å². The van der Waals surface area contributed by atoms with Gasteiger partial charge >= 0.3 is 59.7 Å². The van der Waals surface area contributed by atoms with Crippen molar-refractivity contribution in [2.45, 2.75) is 133 Å². The van der Waals surface area contributed by atoms with Crippen LogP contribution in [-0.4, -0.2) is 94.9 Å². The number of amides is 1. The van der Waals surface area contributed by atoms with Gasteiger partial charge in [0.25, 0.3) is 0 Å². The normalized spacial score (nSPS) is 15.2. The lowest BCUT2D eigenvalue weighted by atomic mass is 9.88. The molecule has 2 aromatic carbocycles. The first kappa shape index (κ1) is 61.4. The summed E-state index contributed by atoms with van der Waals surface area (Å²) in [4.78, 5) is 25.2. The summed E-state index contributed by atoms with van der Waals surface area (Å²) < 4.78 is 264. The fourth-order valence-corrected chi connectivity index (χ4v) is 11.5. The Bertz CT molecular complexity index is 2100. The number of rotatable bonds is 25. The molecule has 2 atom stereocenters. The third kappa shape index (κ3) is 12.8. The van der Waals surface area contributed by atoms with E-state index in [1.54, 1.807) is 58.0 Å². The highest BCUT2D eigenvalue weighted by Gasteiger charge is 2.95. The van der Waals surface area contributed by atoms with Crippen molar-refractivity contribution in [2.24, 2.45) is 5.92 Å². The molecule has 0 saturated heterocycles. The number of ether oxygens (including phenoxy) is 4. The molecule has 0 aliphatic heterocycles. The van der Waals surface area contributed by atoms with Crippen LogP contribution in [0.4, 0.5) is 85.1 Å². The predicted molar refractivity (Wildman–Crippen MR) is 223 cm³/mol. The maximum Gasteiger partial charge on any atom is 0.460 e. The maximum absolute atomic E-state index is 15.1. The van der Waals surface area contributed by atoms with Gasteiger partial charge in [0.2, 0.25) is 0 Å². The van der Waals surface area contributed by atoms with Crippen LogP contribution in [0.15, 0.2) is 71.8 Å². The van der Waals surface area contributed by atoms with E-state index in [9.17, 15) is 75.4 Å². The smallest absolute Gasteiger partial charge is 0.460 e. The fraction of sp³-hybridized carbons (Fsp3) is 0.591. The summed E-state index contributed by atoms with van der Waals surface area (Å²) in [5.41, 5.74) is 0.169. The average molecular weight is 1060 g/mol. The van der Waals surface area contributed by atoms with E-state index < -0.39 is 117 Å². The van der Waals surface area contributed by atoms with Gasteiger partial charge in [-0.1, -0.05) is 58.4 Å². The van der Waals surface area contributed by atoms with Crippen molar-refractivity contribution in [3.05, 3.63) is 77.4 Å². The molecule has 0 unspecified atom stereocenters. The van der Waals surface area contributed by atoms with Crippen LogP contribution in [0.5, 0.6) is 11.5 Å². The minimum atomic E-state index is -8.70. The van der Waals surface area contributed by atoms with Gasteiger partial charge in [-0.15, -0.1) is 0 Å². The first-order valence-corrected chi connectivity index (χ1v) is 23.3. The quantitative estimate of drug-likeness (QED) is 0.0264. The predicted octanol–water partition coefficient (Wildman–Crippen LogP) is 14.6. The molecule has 0 fully saturated rings. The molecule has 26 heteroatoms. The topological polar surface area (TPSA) is 92.3 Å². The maximum atomic E-state index is 15.1. The second-order valence-corrected chi connectivity index (χ2v) is 21.7. The molecular weight excluding hydrogens is 1010 g/mol. The van der Waals surface area contributed by atoms with Crippen molar-refractivity contribution in [1.29, 1.82) is 0 Å². The van der Waals surface area contributed by atoms with Crippen LogP contribution in [0.3, 0.4) is 0 Å². The molecule has 2 aromatic rings. The van der Waals surface area contributed by atoms with E-state index in [0.29, 0.717) is 28.1 Å². The molecule has 0 aliphatic rings. The van der Waals surface area contributed by atoms with Crippen molar-refractivity contribution in [1.82, 2.24) is 0 Å². The molecule has 0 heterocycles. The number of carbonyl (C=O) groups excluding carboxylic acids is 2. The van der Waals surface area contributed by atoms with Crippen molar-refractivity contribution < 1.29 is 108 Å². The molecule has 0 bridgehead atoms. The van der Waals surface area contributed by atoms with Gasteiger partial charge in [0, 0.05) is 24.1 Å². The minimum Gasteiger partial charge on any atom is -0.497 e. The number of anilines is 1. The number of allylic oxidation sites excluding steroid dienone is 2. The fourth-order valence-electron chi connectivity index (χ4n) is 7.04. The second kappa shape index (κ2) is 22.8. The Morgan fingerprint density at radius 3 is 1.57 bits per heavy atom. The zero-order chi connectivity index (χ0) is 54.3. The molecule has 0 saturated carbocycles. The highest BCUT2D eigenvalue weighted by atomic mass is 28.4. The SMILES string of the molecule is CCOC(=O)/C=C(C)/C=C(\C)[C@H](C)[C@@H](OC(=O)Nc1ccc(OC)cc1)c1ccc(OCCO[Si](CCC(F)(F)C(F)(F)C(F)(F)C(F)(F)C(F)(F)C(F)(F)C(F)(F)C(F)(F)F)(C(C)C)C(C)C)cc1. The number of halogens is 17. The van der Waals surface area contributed by atoms with E-state index in [1.807, 2.05) is 0 Å². The largest absolute Gasteiger partial charge is 0.497 e. The number of methoxy groups -OCH3 is 1. The summed E-state index contributed by atoms with van der Waals surface area (Å²) in [5, 5.41) is 2.60. The number of benzene rings is 2. The van der Waals surface area contributed by atoms with Crippen LogP contribution in [-0.2, 0) is 18.7 Å². The summed E-state index contributed by atoms with van der Waals surface area (Å²) in [5.74, 6) is -57.4. The van der Waals surface area contributed by atoms with Gasteiger partial charge in [-0.3, -0.25) is 5.32 Å². The average Bonchev–Trinajstić information content (AvgIpc) is 3.24. The van der Waals surface area contributed by atoms with Crippen LogP contribution in [0.2, 0.25) is 17.1 Å². The van der Waals surface area contributed by atoms with Crippen molar-refractivity contribution in [3.8, 4) is 11.5 Å². The number of carbonyl (C=O) groups is 2. The van der Waals surface area contributed by atoms with Gasteiger partial charge in [0.1, 0.15) is 24.2 Å². The second-order valence-electron chi connectivity index (χ2n) is 16.7. The molecule has 0 aromatic heterocycles. The zero-order valence-corrected chi connectivity index (χ0v) is 39.9. The number of nitrogens with one attached hydrogen (secondary N) is 1. The van der Waals surface area contributed by atoms with Crippen molar-refractivity contribution in [2.75, 3.05) is 32.2 Å². The lowest BCUT2D eigenvalue weighted by molar-refractivity contribution is -0.461. The molecule has 70 heavy (non-hydrogen) atoms. The molecule has 0 radical (unpaired) electrons. The van der Waals surface area contributed by atoms with E-state index in [-0.39, 0.29) is 12.4 Å². The Hall–Kier alpha value is -4.75. The van der Waals surface area contributed by atoms with E-state index in [2.05, 4.69) is 5.32 Å². The number of esters is 1. The molecule has 0 aliphatic carbocycles. The van der Waals surface area contributed by atoms with Gasteiger partial charge in [-0.2, -0.15) is 74.6 Å². The third-order valence-corrected chi connectivity index (χ3v) is 17.0. The highest BCUT2D eigenvalue weighted by Crippen LogP contribution is 2.64. The minimum absolute atomic E-state index is 0.119. The van der Waals surface area contributed by atoms with Crippen LogP contribution >= 0.6 is 0 Å². The Morgan fingerprint density at radius 2 is 1.11 bits per heavy atom. The first-order chi connectivity index (χ1) is 31.8. The van der Waals surface area contributed by atoms with Crippen molar-refractivity contribution >= 4 is 26.1 Å². The standard InChI is InChI=1S/C44H52F17NO7Si/c1-10-66-34(63)24-27(6)23-28(7)29(8)35(69-36(64)62-31-13-17-32(65-9)18-14-31)30-11-15-33(16-12-30)67-20-21-68-70(25(2)3,26(4)5)22-19-37(45,46)38(47,48)39(49,50)40(51,52)41(53,54)42(55,56)43(57,58)44(59,60)61/h11-18,23-26,29,35H,10,19-22H2,1-9H3,(H,62,64)/b27-24+,28-23+/t29-,35+/m0/s1. The van der Waals surface area contributed by atoms with Gasteiger partial charge in [0.15, 0.2) is 8.32 Å². The Morgan fingerprint density at radius 1 is 0.643 bits per heavy atom. The Labute approximate surface area is 393 Å². The van der Waals surface area contributed by atoms with Gasteiger partial charge < -0.3 is 23.4 Å². The summed E-state index contributed by atoms with van der Waals surface area (Å²) >= 11 is 0. The molecule has 2 rings (SSSR count). The van der Waals surface area contributed by atoms with Gasteiger partial charge in [0.05, 0.1) is 20.3 Å². The van der Waals surface area contributed by atoms with Crippen LogP contribution in [0, 0.1) is 5.92 Å². The monoisotopic (exact) mass is 1060 g/mol. The van der Waals surface area contributed by atoms with Gasteiger partial charge in [-0.25, -0.2) is 9.59 Å². The summed E-state index contributed by atoms with van der Waals surface area (Å²) in [6, 6.07) is 10.8. The Balaban J connectivity index is 2.36. The number of hydrogen-bond donors (Lipinski definition) is 1. The van der Waals surface area contributed by atoms with E-state index in [0.717, 1.165) is 0 Å². The number of hydrogen-bond acceptors (Lipinski definition) is 7. The molecule has 8 nitrogen and oxygen atoms in total. The number of alkyl halides is 17. The van der Waals surface area contributed by atoms with E-state index in [1.165, 1.54) is 65.1 Å². The highest BCUT2D eigenvalue weighted by molar-refractivity contribution is 6.76. The zero-order valence-electron chi connectivity index (χ0n) is 38.9.